The van der Waals surface area contributed by atoms with Crippen LogP contribution in [0.5, 0.6) is 0 Å². The highest BCUT2D eigenvalue weighted by molar-refractivity contribution is 6.12. The minimum atomic E-state index is -1.11. The fourth-order valence-electron chi connectivity index (χ4n) is 5.19. The Balaban J connectivity index is 1.73. The number of halogens is 1. The molecule has 1 saturated heterocycles. The second-order valence-electron chi connectivity index (χ2n) is 8.01. The maximum absolute atomic E-state index is 13.9. The lowest BCUT2D eigenvalue weighted by molar-refractivity contribution is -0.126. The Labute approximate surface area is 174 Å². The van der Waals surface area contributed by atoms with Gasteiger partial charge in [0.1, 0.15) is 11.4 Å². The first-order valence-corrected chi connectivity index (χ1v) is 10.0. The van der Waals surface area contributed by atoms with Gasteiger partial charge in [-0.1, -0.05) is 60.7 Å². The average Bonchev–Trinajstić information content (AvgIpc) is 3.24. The van der Waals surface area contributed by atoms with Gasteiger partial charge in [0.25, 0.3) is 0 Å². The van der Waals surface area contributed by atoms with Crippen molar-refractivity contribution in [3.05, 3.63) is 101 Å². The Bertz CT molecular complexity index is 1130. The molecular formula is C25H21FN2O2. The molecule has 0 saturated carbocycles. The lowest BCUT2D eigenvalue weighted by Gasteiger charge is -2.35. The molecule has 3 atom stereocenters. The standard InChI is InChI=1S/C25H21FN2O2/c1-28-15-19(16-11-13-18(26)14-12-16)22(23(29)17-7-3-2-4-8-17)25(28)20-9-5-6-10-21(20)27-24(25)30/h2-14,19,22H,15H2,1H3,(H,27,30). The van der Waals surface area contributed by atoms with Crippen LogP contribution in [0.4, 0.5) is 10.1 Å². The topological polar surface area (TPSA) is 49.4 Å². The highest BCUT2D eigenvalue weighted by Crippen LogP contribution is 2.55. The van der Waals surface area contributed by atoms with E-state index in [-0.39, 0.29) is 23.4 Å². The summed E-state index contributed by atoms with van der Waals surface area (Å²) in [6.45, 7) is 0.511. The number of nitrogens with zero attached hydrogens (tertiary/aromatic N) is 1. The molecule has 0 aromatic heterocycles. The number of likely N-dealkylation sites (N-methyl/N-ethyl adjacent to an activating group) is 1. The number of ketones is 1. The van der Waals surface area contributed by atoms with Gasteiger partial charge < -0.3 is 5.32 Å². The highest BCUT2D eigenvalue weighted by atomic mass is 19.1. The van der Waals surface area contributed by atoms with E-state index in [0.29, 0.717) is 12.1 Å². The molecule has 2 aliphatic rings. The van der Waals surface area contributed by atoms with E-state index < -0.39 is 11.5 Å². The molecule has 150 valence electrons. The van der Waals surface area contributed by atoms with Crippen LogP contribution < -0.4 is 5.32 Å². The van der Waals surface area contributed by atoms with Crippen molar-refractivity contribution in [1.29, 1.82) is 0 Å². The van der Waals surface area contributed by atoms with Crippen LogP contribution >= 0.6 is 0 Å². The molecular weight excluding hydrogens is 379 g/mol. The molecule has 5 rings (SSSR count). The molecule has 0 radical (unpaired) electrons. The summed E-state index contributed by atoms with van der Waals surface area (Å²) in [4.78, 5) is 29.3. The monoisotopic (exact) mass is 400 g/mol. The lowest BCUT2D eigenvalue weighted by Crippen LogP contribution is -2.51. The van der Waals surface area contributed by atoms with E-state index in [1.165, 1.54) is 12.1 Å². The smallest absolute Gasteiger partial charge is 0.250 e. The molecule has 5 heteroatoms. The molecule has 1 fully saturated rings. The highest BCUT2D eigenvalue weighted by Gasteiger charge is 2.64. The predicted octanol–water partition coefficient (Wildman–Crippen LogP) is 4.20. The van der Waals surface area contributed by atoms with Crippen molar-refractivity contribution in [2.24, 2.45) is 5.92 Å². The molecule has 1 spiro atoms. The largest absolute Gasteiger partial charge is 0.324 e. The normalized spacial score (nSPS) is 25.3. The number of para-hydroxylation sites is 1. The number of Topliss-reactive ketones (excluding diaryl/α,β-unsaturated/α-hetero) is 1. The average molecular weight is 400 g/mol. The van der Waals surface area contributed by atoms with Gasteiger partial charge in [-0.05, 0) is 30.8 Å². The Morgan fingerprint density at radius 3 is 2.40 bits per heavy atom. The summed E-state index contributed by atoms with van der Waals surface area (Å²) in [5, 5.41) is 2.99. The number of carbonyl (C=O) groups excluding carboxylic acids is 2. The van der Waals surface area contributed by atoms with Gasteiger partial charge in [-0.2, -0.15) is 0 Å². The predicted molar refractivity (Wildman–Crippen MR) is 113 cm³/mol. The molecule has 3 aromatic carbocycles. The van der Waals surface area contributed by atoms with Gasteiger partial charge >= 0.3 is 0 Å². The lowest BCUT2D eigenvalue weighted by atomic mass is 9.70. The summed E-state index contributed by atoms with van der Waals surface area (Å²) >= 11 is 0. The van der Waals surface area contributed by atoms with Crippen LogP contribution in [0.1, 0.15) is 27.4 Å². The molecule has 3 unspecified atom stereocenters. The molecule has 1 amide bonds. The van der Waals surface area contributed by atoms with Crippen molar-refractivity contribution in [3.8, 4) is 0 Å². The summed E-state index contributed by atoms with van der Waals surface area (Å²) in [5.41, 5.74) is 1.87. The van der Waals surface area contributed by atoms with Gasteiger partial charge in [0.2, 0.25) is 5.91 Å². The molecule has 0 bridgehead atoms. The second kappa shape index (κ2) is 6.89. The summed E-state index contributed by atoms with van der Waals surface area (Å²) in [6, 6.07) is 22.9. The van der Waals surface area contributed by atoms with Crippen LogP contribution in [0.3, 0.4) is 0 Å². The van der Waals surface area contributed by atoms with E-state index in [1.807, 2.05) is 54.4 Å². The SMILES string of the molecule is CN1CC(c2ccc(F)cc2)C(C(=O)c2ccccc2)C12C(=O)Nc1ccccc12. The Morgan fingerprint density at radius 1 is 1.00 bits per heavy atom. The van der Waals surface area contributed by atoms with Gasteiger partial charge in [-0.3, -0.25) is 14.5 Å². The molecule has 0 aliphatic carbocycles. The zero-order valence-corrected chi connectivity index (χ0v) is 16.5. The summed E-state index contributed by atoms with van der Waals surface area (Å²) in [7, 11) is 1.89. The van der Waals surface area contributed by atoms with Gasteiger partial charge in [0.15, 0.2) is 5.78 Å². The first-order valence-electron chi connectivity index (χ1n) is 10.0. The van der Waals surface area contributed by atoms with Gasteiger partial charge in [-0.25, -0.2) is 4.39 Å². The van der Waals surface area contributed by atoms with Crippen LogP contribution in [0.2, 0.25) is 0 Å². The number of hydrogen-bond donors (Lipinski definition) is 1. The van der Waals surface area contributed by atoms with E-state index in [9.17, 15) is 14.0 Å². The minimum Gasteiger partial charge on any atom is -0.324 e. The van der Waals surface area contributed by atoms with Crippen LogP contribution in [0.25, 0.3) is 0 Å². The third kappa shape index (κ3) is 2.55. The quantitative estimate of drug-likeness (QED) is 0.671. The Morgan fingerprint density at radius 2 is 1.67 bits per heavy atom. The van der Waals surface area contributed by atoms with E-state index in [0.717, 1.165) is 16.8 Å². The van der Waals surface area contributed by atoms with Gasteiger partial charge in [0, 0.05) is 29.3 Å². The number of carbonyl (C=O) groups is 2. The number of anilines is 1. The molecule has 2 heterocycles. The van der Waals surface area contributed by atoms with Crippen molar-refractivity contribution in [2.75, 3.05) is 18.9 Å². The third-order valence-corrected chi connectivity index (χ3v) is 6.50. The van der Waals surface area contributed by atoms with Crippen LogP contribution in [-0.2, 0) is 10.3 Å². The Kier molecular flexibility index (Phi) is 4.29. The van der Waals surface area contributed by atoms with E-state index in [4.69, 9.17) is 0 Å². The van der Waals surface area contributed by atoms with E-state index in [2.05, 4.69) is 5.32 Å². The first-order chi connectivity index (χ1) is 14.5. The van der Waals surface area contributed by atoms with Crippen LogP contribution in [0.15, 0.2) is 78.9 Å². The summed E-state index contributed by atoms with van der Waals surface area (Å²) in [5.74, 6) is -1.49. The number of hydrogen-bond acceptors (Lipinski definition) is 3. The summed E-state index contributed by atoms with van der Waals surface area (Å²) in [6.07, 6.45) is 0. The molecule has 1 N–H and O–H groups in total. The van der Waals surface area contributed by atoms with E-state index in [1.54, 1.807) is 24.3 Å². The maximum Gasteiger partial charge on any atom is 0.250 e. The van der Waals surface area contributed by atoms with Crippen molar-refractivity contribution in [3.63, 3.8) is 0 Å². The fraction of sp³-hybridized carbons (Fsp3) is 0.200. The number of likely N-dealkylation sites (tertiary alicyclic amines) is 1. The first kappa shape index (κ1) is 18.7. The second-order valence-corrected chi connectivity index (χ2v) is 8.01. The van der Waals surface area contributed by atoms with Gasteiger partial charge in [-0.15, -0.1) is 0 Å². The minimum absolute atomic E-state index is 0.0823. The number of fused-ring (bicyclic) bond motifs is 2. The molecule has 2 aliphatic heterocycles. The maximum atomic E-state index is 13.9. The van der Waals surface area contributed by atoms with Crippen molar-refractivity contribution in [1.82, 2.24) is 4.90 Å². The number of nitrogens with one attached hydrogen (secondary N) is 1. The van der Waals surface area contributed by atoms with Gasteiger partial charge in [0.05, 0.1) is 5.92 Å². The summed E-state index contributed by atoms with van der Waals surface area (Å²) < 4.78 is 13.6. The molecule has 4 nitrogen and oxygen atoms in total. The molecule has 3 aromatic rings. The van der Waals surface area contributed by atoms with Crippen LogP contribution in [-0.4, -0.2) is 30.2 Å². The zero-order valence-electron chi connectivity index (χ0n) is 16.5. The zero-order chi connectivity index (χ0) is 20.9. The van der Waals surface area contributed by atoms with Crippen molar-refractivity contribution >= 4 is 17.4 Å². The number of benzene rings is 3. The van der Waals surface area contributed by atoms with Crippen LogP contribution in [0, 0.1) is 11.7 Å². The molecule has 30 heavy (non-hydrogen) atoms. The Hall–Kier alpha value is -3.31. The number of rotatable bonds is 3. The van der Waals surface area contributed by atoms with Crippen molar-refractivity contribution in [2.45, 2.75) is 11.5 Å². The number of amides is 1. The van der Waals surface area contributed by atoms with Crippen molar-refractivity contribution < 1.29 is 14.0 Å². The van der Waals surface area contributed by atoms with E-state index >= 15 is 0 Å². The third-order valence-electron chi connectivity index (χ3n) is 6.50. The fourth-order valence-corrected chi connectivity index (χ4v) is 5.19.